The number of ether oxygens (including phenoxy) is 1. The number of piperidine rings is 1. The minimum Gasteiger partial charge on any atom is -0.496 e. The van der Waals surface area contributed by atoms with E-state index in [1.807, 2.05) is 0 Å². The van der Waals surface area contributed by atoms with Crippen LogP contribution in [0.5, 0.6) is 5.75 Å². The van der Waals surface area contributed by atoms with Gasteiger partial charge in [0.1, 0.15) is 17.3 Å². The van der Waals surface area contributed by atoms with Gasteiger partial charge in [-0.3, -0.25) is 4.79 Å². The number of nitrogens with zero attached hydrogens (tertiary/aromatic N) is 2. The number of hydrogen-bond donors (Lipinski definition) is 1. The lowest BCUT2D eigenvalue weighted by molar-refractivity contribution is -0.141. The number of aromatic nitrogens is 2. The Morgan fingerprint density at radius 1 is 1.36 bits per heavy atom. The van der Waals surface area contributed by atoms with E-state index in [1.165, 1.54) is 7.11 Å². The average molecular weight is 353 g/mol. The summed E-state index contributed by atoms with van der Waals surface area (Å²) in [7, 11) is 1.49. The molecular formula is C17H18F3N3O2. The van der Waals surface area contributed by atoms with Crippen molar-refractivity contribution in [1.29, 1.82) is 0 Å². The molecule has 1 fully saturated rings. The molecular weight excluding hydrogens is 335 g/mol. The summed E-state index contributed by atoms with van der Waals surface area (Å²) in [4.78, 5) is 20.6. The van der Waals surface area contributed by atoms with E-state index in [4.69, 9.17) is 4.74 Å². The number of amides is 1. The van der Waals surface area contributed by atoms with Crippen LogP contribution < -0.4 is 4.74 Å². The van der Waals surface area contributed by atoms with Crippen LogP contribution in [-0.2, 0) is 6.18 Å². The normalized spacial score (nSPS) is 18.2. The number of carbonyl (C=O) groups is 1. The second-order valence-corrected chi connectivity index (χ2v) is 5.97. The van der Waals surface area contributed by atoms with E-state index in [1.54, 1.807) is 29.2 Å². The second kappa shape index (κ2) is 6.78. The maximum absolute atomic E-state index is 12.8. The molecule has 0 aliphatic carbocycles. The van der Waals surface area contributed by atoms with Gasteiger partial charge in [0.2, 0.25) is 0 Å². The summed E-state index contributed by atoms with van der Waals surface area (Å²) in [6.07, 6.45) is -2.27. The fourth-order valence-corrected chi connectivity index (χ4v) is 3.06. The zero-order valence-electron chi connectivity index (χ0n) is 13.6. The van der Waals surface area contributed by atoms with Gasteiger partial charge in [0, 0.05) is 19.0 Å². The number of benzene rings is 1. The third kappa shape index (κ3) is 3.62. The van der Waals surface area contributed by atoms with Crippen molar-refractivity contribution in [1.82, 2.24) is 14.9 Å². The quantitative estimate of drug-likeness (QED) is 0.919. The molecule has 8 heteroatoms. The molecule has 1 aromatic carbocycles. The highest BCUT2D eigenvalue weighted by Crippen LogP contribution is 2.31. The Bertz CT molecular complexity index is 758. The maximum Gasteiger partial charge on any atom is 0.432 e. The average Bonchev–Trinajstić information content (AvgIpc) is 3.12. The van der Waals surface area contributed by atoms with E-state index < -0.39 is 11.9 Å². The first kappa shape index (κ1) is 17.3. The van der Waals surface area contributed by atoms with Crippen LogP contribution in [-0.4, -0.2) is 41.0 Å². The topological polar surface area (TPSA) is 58.2 Å². The van der Waals surface area contributed by atoms with Crippen molar-refractivity contribution >= 4 is 5.91 Å². The van der Waals surface area contributed by atoms with E-state index in [2.05, 4.69) is 9.97 Å². The summed E-state index contributed by atoms with van der Waals surface area (Å²) in [5, 5.41) is 0. The second-order valence-electron chi connectivity index (χ2n) is 5.97. The van der Waals surface area contributed by atoms with Crippen LogP contribution in [0, 0.1) is 0 Å². The highest BCUT2D eigenvalue weighted by Gasteiger charge is 2.35. The van der Waals surface area contributed by atoms with Gasteiger partial charge in [-0.05, 0) is 25.0 Å². The van der Waals surface area contributed by atoms with Gasteiger partial charge >= 0.3 is 6.18 Å². The van der Waals surface area contributed by atoms with Gasteiger partial charge in [-0.15, -0.1) is 0 Å². The third-order valence-electron chi connectivity index (χ3n) is 4.33. The Hall–Kier alpha value is -2.51. The SMILES string of the molecule is COc1ccccc1C(=O)N1CCCC(c2ncc(C(F)(F)F)[nH]2)C1. The zero-order chi connectivity index (χ0) is 18.0. The highest BCUT2D eigenvalue weighted by atomic mass is 19.4. The van der Waals surface area contributed by atoms with E-state index >= 15 is 0 Å². The predicted molar refractivity (Wildman–Crippen MR) is 84.5 cm³/mol. The smallest absolute Gasteiger partial charge is 0.432 e. The minimum absolute atomic E-state index is 0.190. The van der Waals surface area contributed by atoms with Crippen LogP contribution in [0.1, 0.15) is 40.6 Å². The van der Waals surface area contributed by atoms with Gasteiger partial charge in [-0.25, -0.2) is 4.98 Å². The molecule has 3 rings (SSSR count). The Kier molecular flexibility index (Phi) is 4.69. The molecule has 1 amide bonds. The maximum atomic E-state index is 12.8. The number of imidazole rings is 1. The molecule has 1 atom stereocenters. The highest BCUT2D eigenvalue weighted by molar-refractivity contribution is 5.97. The van der Waals surface area contributed by atoms with Gasteiger partial charge < -0.3 is 14.6 Å². The number of alkyl halides is 3. The number of nitrogens with one attached hydrogen (secondary N) is 1. The van der Waals surface area contributed by atoms with Gasteiger partial charge in [0.05, 0.1) is 18.9 Å². The van der Waals surface area contributed by atoms with E-state index in [9.17, 15) is 18.0 Å². The molecule has 1 aromatic heterocycles. The number of H-pyrrole nitrogens is 1. The molecule has 134 valence electrons. The summed E-state index contributed by atoms with van der Waals surface area (Å²) in [5.74, 6) is 0.310. The zero-order valence-corrected chi connectivity index (χ0v) is 13.6. The van der Waals surface area contributed by atoms with Crippen molar-refractivity contribution in [3.05, 3.63) is 47.5 Å². The number of methoxy groups -OCH3 is 1. The number of rotatable bonds is 3. The third-order valence-corrected chi connectivity index (χ3v) is 4.33. The van der Waals surface area contributed by atoms with Gasteiger partial charge in [0.25, 0.3) is 5.91 Å². The lowest BCUT2D eigenvalue weighted by atomic mass is 9.96. The largest absolute Gasteiger partial charge is 0.496 e. The van der Waals surface area contributed by atoms with Crippen molar-refractivity contribution in [2.24, 2.45) is 0 Å². The fourth-order valence-electron chi connectivity index (χ4n) is 3.06. The fraction of sp³-hybridized carbons (Fsp3) is 0.412. The number of aromatic amines is 1. The Morgan fingerprint density at radius 3 is 2.80 bits per heavy atom. The molecule has 1 saturated heterocycles. The van der Waals surface area contributed by atoms with Crippen molar-refractivity contribution in [3.8, 4) is 5.75 Å². The number of para-hydroxylation sites is 1. The molecule has 0 bridgehead atoms. The lowest BCUT2D eigenvalue weighted by Crippen LogP contribution is -2.39. The van der Waals surface area contributed by atoms with Crippen LogP contribution in [0.15, 0.2) is 30.5 Å². The Labute approximate surface area is 142 Å². The van der Waals surface area contributed by atoms with Gasteiger partial charge in [-0.2, -0.15) is 13.2 Å². The molecule has 1 N–H and O–H groups in total. The number of hydrogen-bond acceptors (Lipinski definition) is 3. The first-order valence-corrected chi connectivity index (χ1v) is 7.94. The molecule has 0 radical (unpaired) electrons. The number of carbonyl (C=O) groups excluding carboxylic acids is 1. The predicted octanol–water partition coefficient (Wildman–Crippen LogP) is 3.46. The summed E-state index contributed by atoms with van der Waals surface area (Å²) in [6, 6.07) is 6.91. The van der Waals surface area contributed by atoms with Crippen molar-refractivity contribution in [2.75, 3.05) is 20.2 Å². The van der Waals surface area contributed by atoms with Crippen LogP contribution >= 0.6 is 0 Å². The molecule has 1 unspecified atom stereocenters. The van der Waals surface area contributed by atoms with Gasteiger partial charge in [-0.1, -0.05) is 12.1 Å². The molecule has 1 aliphatic rings. The molecule has 0 saturated carbocycles. The molecule has 2 heterocycles. The molecule has 0 spiro atoms. The van der Waals surface area contributed by atoms with Crippen LogP contribution in [0.4, 0.5) is 13.2 Å². The Balaban J connectivity index is 1.77. The Morgan fingerprint density at radius 2 is 2.12 bits per heavy atom. The van der Waals surface area contributed by atoms with Crippen molar-refractivity contribution in [2.45, 2.75) is 24.9 Å². The first-order valence-electron chi connectivity index (χ1n) is 7.94. The van der Waals surface area contributed by atoms with Gasteiger partial charge in [0.15, 0.2) is 0 Å². The molecule has 1 aliphatic heterocycles. The first-order chi connectivity index (χ1) is 11.9. The summed E-state index contributed by atoms with van der Waals surface area (Å²) in [5.41, 5.74) is -0.420. The summed E-state index contributed by atoms with van der Waals surface area (Å²) >= 11 is 0. The molecule has 25 heavy (non-hydrogen) atoms. The van der Waals surface area contributed by atoms with Crippen molar-refractivity contribution in [3.63, 3.8) is 0 Å². The number of halogens is 3. The van der Waals surface area contributed by atoms with E-state index in [-0.39, 0.29) is 17.6 Å². The number of likely N-dealkylation sites (tertiary alicyclic amines) is 1. The summed E-state index contributed by atoms with van der Waals surface area (Å²) < 4.78 is 43.4. The van der Waals surface area contributed by atoms with Crippen molar-refractivity contribution < 1.29 is 22.7 Å². The van der Waals surface area contributed by atoms with Crippen LogP contribution in [0.2, 0.25) is 0 Å². The van der Waals surface area contributed by atoms with E-state index in [0.717, 1.165) is 6.20 Å². The summed E-state index contributed by atoms with van der Waals surface area (Å²) in [6.45, 7) is 0.877. The van der Waals surface area contributed by atoms with Crippen LogP contribution in [0.25, 0.3) is 0 Å². The van der Waals surface area contributed by atoms with E-state index in [0.29, 0.717) is 37.2 Å². The molecule has 5 nitrogen and oxygen atoms in total. The molecule has 2 aromatic rings. The van der Waals surface area contributed by atoms with Crippen LogP contribution in [0.3, 0.4) is 0 Å². The lowest BCUT2D eigenvalue weighted by Gasteiger charge is -2.32. The monoisotopic (exact) mass is 353 g/mol. The minimum atomic E-state index is -4.45. The standard InChI is InChI=1S/C17H18F3N3O2/c1-25-13-7-3-2-6-12(13)16(24)23-8-4-5-11(10-23)15-21-9-14(22-15)17(18,19)20/h2-3,6-7,9,11H,4-5,8,10H2,1H3,(H,21,22).